The van der Waals surface area contributed by atoms with Crippen molar-refractivity contribution in [3.63, 3.8) is 0 Å². The van der Waals surface area contributed by atoms with E-state index in [-0.39, 0.29) is 5.69 Å². The highest BCUT2D eigenvalue weighted by atomic mass is 35.5. The zero-order valence-corrected chi connectivity index (χ0v) is 12.8. The van der Waals surface area contributed by atoms with Gasteiger partial charge in [0.2, 0.25) is 0 Å². The average Bonchev–Trinajstić information content (AvgIpc) is 2.42. The summed E-state index contributed by atoms with van der Waals surface area (Å²) in [5, 5.41) is 0.290. The molecule has 0 amide bonds. The lowest BCUT2D eigenvalue weighted by Crippen LogP contribution is -2.06. The molecule has 0 spiro atoms. The summed E-state index contributed by atoms with van der Waals surface area (Å²) in [6.45, 7) is 8.00. The SMILES string of the molecule is CC.CC.COC(=O)c1nc(Cl)ccc1SC. The van der Waals surface area contributed by atoms with Gasteiger partial charge in [0.15, 0.2) is 5.69 Å². The number of rotatable bonds is 2. The Morgan fingerprint density at radius 2 is 1.82 bits per heavy atom. The average molecular weight is 278 g/mol. The van der Waals surface area contributed by atoms with Gasteiger partial charge in [-0.25, -0.2) is 9.78 Å². The van der Waals surface area contributed by atoms with Crippen LogP contribution in [0.4, 0.5) is 0 Å². The molecule has 1 heterocycles. The van der Waals surface area contributed by atoms with Crippen LogP contribution in [0.2, 0.25) is 5.15 Å². The van der Waals surface area contributed by atoms with Crippen LogP contribution in [0.25, 0.3) is 0 Å². The Kier molecular flexibility index (Phi) is 12.9. The molecule has 1 aromatic rings. The zero-order valence-electron chi connectivity index (χ0n) is 11.2. The van der Waals surface area contributed by atoms with Crippen LogP contribution in [0, 0.1) is 0 Å². The number of carbonyl (C=O) groups excluding carboxylic acids is 1. The topological polar surface area (TPSA) is 39.2 Å². The van der Waals surface area contributed by atoms with Crippen molar-refractivity contribution in [3.05, 3.63) is 23.0 Å². The standard InChI is InChI=1S/C8H8ClNO2S.2C2H6/c1-12-8(11)7-5(13-2)3-4-6(9)10-7;2*1-2/h3-4H,1-2H3;2*1-2H3. The summed E-state index contributed by atoms with van der Waals surface area (Å²) in [4.78, 5) is 15.8. The third kappa shape index (κ3) is 6.54. The highest BCUT2D eigenvalue weighted by Crippen LogP contribution is 2.21. The van der Waals surface area contributed by atoms with E-state index < -0.39 is 5.97 Å². The van der Waals surface area contributed by atoms with Crippen molar-refractivity contribution in [2.24, 2.45) is 0 Å². The van der Waals surface area contributed by atoms with E-state index in [0.717, 1.165) is 4.90 Å². The van der Waals surface area contributed by atoms with Crippen molar-refractivity contribution < 1.29 is 9.53 Å². The third-order valence-electron chi connectivity index (χ3n) is 1.42. The van der Waals surface area contributed by atoms with E-state index in [2.05, 4.69) is 9.72 Å². The third-order valence-corrected chi connectivity index (χ3v) is 2.40. The highest BCUT2D eigenvalue weighted by molar-refractivity contribution is 7.98. The molecule has 0 N–H and O–H groups in total. The van der Waals surface area contributed by atoms with Crippen molar-refractivity contribution in [2.75, 3.05) is 13.4 Å². The first-order valence-corrected chi connectivity index (χ1v) is 7.08. The molecular weight excluding hydrogens is 258 g/mol. The van der Waals surface area contributed by atoms with Crippen molar-refractivity contribution >= 4 is 29.3 Å². The first-order chi connectivity index (χ1) is 8.19. The van der Waals surface area contributed by atoms with E-state index in [1.807, 2.05) is 34.0 Å². The predicted octanol–water partition coefficient (Wildman–Crippen LogP) is 4.30. The molecule has 0 unspecified atom stereocenters. The maximum absolute atomic E-state index is 11.2. The molecular formula is C12H20ClNO2S. The molecule has 0 aliphatic carbocycles. The lowest BCUT2D eigenvalue weighted by Gasteiger charge is -2.03. The second-order valence-corrected chi connectivity index (χ2v) is 3.41. The fourth-order valence-electron chi connectivity index (χ4n) is 0.830. The molecule has 0 saturated heterocycles. The molecule has 3 nitrogen and oxygen atoms in total. The second-order valence-electron chi connectivity index (χ2n) is 2.18. The molecule has 0 atom stereocenters. The molecule has 1 aromatic heterocycles. The summed E-state index contributed by atoms with van der Waals surface area (Å²) >= 11 is 7.07. The Morgan fingerprint density at radius 3 is 2.24 bits per heavy atom. The van der Waals surface area contributed by atoms with Crippen LogP contribution < -0.4 is 0 Å². The van der Waals surface area contributed by atoms with Gasteiger partial charge in [0, 0.05) is 4.90 Å². The number of ether oxygens (including phenoxy) is 1. The van der Waals surface area contributed by atoms with Gasteiger partial charge in [-0.2, -0.15) is 0 Å². The van der Waals surface area contributed by atoms with Crippen molar-refractivity contribution in [1.29, 1.82) is 0 Å². The van der Waals surface area contributed by atoms with Gasteiger partial charge in [0.05, 0.1) is 7.11 Å². The van der Waals surface area contributed by atoms with Crippen molar-refractivity contribution in [1.82, 2.24) is 4.98 Å². The minimum atomic E-state index is -0.466. The normalized spacial score (nSPS) is 8.18. The summed E-state index contributed by atoms with van der Waals surface area (Å²) < 4.78 is 4.56. The fourth-order valence-corrected chi connectivity index (χ4v) is 1.50. The van der Waals surface area contributed by atoms with Gasteiger partial charge >= 0.3 is 5.97 Å². The van der Waals surface area contributed by atoms with Crippen LogP contribution in [0.1, 0.15) is 38.2 Å². The van der Waals surface area contributed by atoms with Crippen LogP contribution >= 0.6 is 23.4 Å². The molecule has 0 bridgehead atoms. The van der Waals surface area contributed by atoms with E-state index in [0.29, 0.717) is 5.15 Å². The molecule has 0 fully saturated rings. The first-order valence-electron chi connectivity index (χ1n) is 5.48. The minimum absolute atomic E-state index is 0.266. The van der Waals surface area contributed by atoms with Crippen LogP contribution in [0.15, 0.2) is 17.0 Å². The van der Waals surface area contributed by atoms with Crippen molar-refractivity contribution in [3.8, 4) is 0 Å². The van der Waals surface area contributed by atoms with Gasteiger partial charge in [-0.3, -0.25) is 0 Å². The van der Waals surface area contributed by atoms with Gasteiger partial charge < -0.3 is 4.74 Å². The summed E-state index contributed by atoms with van der Waals surface area (Å²) in [6.07, 6.45) is 1.86. The number of hydrogen-bond acceptors (Lipinski definition) is 4. The summed E-state index contributed by atoms with van der Waals surface area (Å²) in [5.41, 5.74) is 0.266. The smallest absolute Gasteiger partial charge is 0.357 e. The number of halogens is 1. The monoisotopic (exact) mass is 277 g/mol. The number of hydrogen-bond donors (Lipinski definition) is 0. The van der Waals surface area contributed by atoms with Crippen LogP contribution in [-0.4, -0.2) is 24.3 Å². The Hall–Kier alpha value is -0.740. The van der Waals surface area contributed by atoms with E-state index in [9.17, 15) is 4.79 Å². The molecule has 0 radical (unpaired) electrons. The Labute approximate surface area is 113 Å². The number of pyridine rings is 1. The zero-order chi connectivity index (χ0) is 13.8. The van der Waals surface area contributed by atoms with E-state index >= 15 is 0 Å². The Balaban J connectivity index is 0. The summed E-state index contributed by atoms with van der Waals surface area (Å²) in [7, 11) is 1.31. The lowest BCUT2D eigenvalue weighted by molar-refractivity contribution is 0.0589. The van der Waals surface area contributed by atoms with Gasteiger partial charge in [-0.05, 0) is 18.4 Å². The minimum Gasteiger partial charge on any atom is -0.464 e. The molecule has 0 aliphatic rings. The molecule has 0 saturated carbocycles. The maximum atomic E-state index is 11.2. The maximum Gasteiger partial charge on any atom is 0.357 e. The van der Waals surface area contributed by atoms with Gasteiger partial charge in [0.1, 0.15) is 5.15 Å². The number of carbonyl (C=O) groups is 1. The fraction of sp³-hybridized carbons (Fsp3) is 0.500. The van der Waals surface area contributed by atoms with Gasteiger partial charge in [0.25, 0.3) is 0 Å². The van der Waals surface area contributed by atoms with Gasteiger partial charge in [-0.1, -0.05) is 39.3 Å². The van der Waals surface area contributed by atoms with E-state index in [4.69, 9.17) is 11.6 Å². The number of esters is 1. The van der Waals surface area contributed by atoms with Crippen LogP contribution in [0.5, 0.6) is 0 Å². The molecule has 5 heteroatoms. The number of thioether (sulfide) groups is 1. The predicted molar refractivity (Wildman–Crippen MR) is 75.1 cm³/mol. The van der Waals surface area contributed by atoms with Crippen LogP contribution in [-0.2, 0) is 4.74 Å². The molecule has 17 heavy (non-hydrogen) atoms. The first kappa shape index (κ1) is 18.6. The molecule has 0 aromatic carbocycles. The largest absolute Gasteiger partial charge is 0.464 e. The quantitative estimate of drug-likeness (QED) is 0.459. The second kappa shape index (κ2) is 11.7. The Bertz CT molecular complexity index is 332. The Morgan fingerprint density at radius 1 is 1.29 bits per heavy atom. The summed E-state index contributed by atoms with van der Waals surface area (Å²) in [5.74, 6) is -0.466. The van der Waals surface area contributed by atoms with Crippen molar-refractivity contribution in [2.45, 2.75) is 32.6 Å². The lowest BCUT2D eigenvalue weighted by atomic mass is 10.3. The van der Waals surface area contributed by atoms with E-state index in [1.54, 1.807) is 12.1 Å². The van der Waals surface area contributed by atoms with E-state index in [1.165, 1.54) is 18.9 Å². The van der Waals surface area contributed by atoms with Crippen LogP contribution in [0.3, 0.4) is 0 Å². The molecule has 98 valence electrons. The van der Waals surface area contributed by atoms with Gasteiger partial charge in [-0.15, -0.1) is 11.8 Å². The molecule has 0 aliphatic heterocycles. The number of nitrogens with zero attached hydrogens (tertiary/aromatic N) is 1. The molecule has 1 rings (SSSR count). The number of aromatic nitrogens is 1. The number of methoxy groups -OCH3 is 1. The highest BCUT2D eigenvalue weighted by Gasteiger charge is 2.13. The summed E-state index contributed by atoms with van der Waals surface area (Å²) in [6, 6.07) is 3.38.